The zero-order valence-corrected chi connectivity index (χ0v) is 23.2. The smallest absolute Gasteiger partial charge is 0.0294 e. The highest BCUT2D eigenvalue weighted by atomic mass is 31.2. The summed E-state index contributed by atoms with van der Waals surface area (Å²) in [6.45, 7) is 8.88. The van der Waals surface area contributed by atoms with Crippen molar-refractivity contribution < 1.29 is 0 Å². The van der Waals surface area contributed by atoms with Crippen LogP contribution in [0.1, 0.15) is 49.9 Å². The predicted octanol–water partition coefficient (Wildman–Crippen LogP) is 6.92. The Kier molecular flexibility index (Phi) is 9.28. The molecule has 0 aliphatic carbocycles. The fraction of sp³-hybridized carbons (Fsp3) is 0.250. The molecule has 4 aromatic carbocycles. The first-order valence-electron chi connectivity index (χ1n) is 12.9. The highest BCUT2D eigenvalue weighted by Crippen LogP contribution is 2.42. The molecule has 0 spiro atoms. The van der Waals surface area contributed by atoms with Crippen molar-refractivity contribution in [2.45, 2.75) is 53.4 Å². The summed E-state index contributed by atoms with van der Waals surface area (Å²) in [6.07, 6.45) is 4.27. The second kappa shape index (κ2) is 12.6. The fourth-order valence-electron chi connectivity index (χ4n) is 4.15. The van der Waals surface area contributed by atoms with Crippen LogP contribution in [0.5, 0.6) is 0 Å². The van der Waals surface area contributed by atoms with E-state index >= 15 is 0 Å². The lowest BCUT2D eigenvalue weighted by molar-refractivity contribution is 1.14. The minimum Gasteiger partial charge on any atom is -0.259 e. The van der Waals surface area contributed by atoms with Gasteiger partial charge >= 0.3 is 0 Å². The zero-order valence-electron chi connectivity index (χ0n) is 21.5. The van der Waals surface area contributed by atoms with Crippen LogP contribution in [0.25, 0.3) is 0 Å². The molecule has 0 radical (unpaired) electrons. The highest BCUT2D eigenvalue weighted by Gasteiger charge is 2.22. The van der Waals surface area contributed by atoms with Gasteiger partial charge in [0.1, 0.15) is 0 Å². The highest BCUT2D eigenvalue weighted by molar-refractivity contribution is 7.85. The van der Waals surface area contributed by atoms with Crippen LogP contribution in [0.2, 0.25) is 0 Å². The van der Waals surface area contributed by atoms with E-state index in [1.54, 1.807) is 0 Å². The van der Waals surface area contributed by atoms with Crippen LogP contribution in [0.4, 0.5) is 0 Å². The lowest BCUT2D eigenvalue weighted by atomic mass is 10.2. The summed E-state index contributed by atoms with van der Waals surface area (Å²) in [5, 5.41) is 5.52. The second-order valence-corrected chi connectivity index (χ2v) is 13.1. The number of aryl methyl sites for hydroxylation is 4. The molecule has 0 heterocycles. The first-order chi connectivity index (χ1) is 17.1. The third-order valence-corrected chi connectivity index (χ3v) is 11.5. The Morgan fingerprint density at radius 1 is 0.371 bits per heavy atom. The Morgan fingerprint density at radius 2 is 0.571 bits per heavy atom. The quantitative estimate of drug-likeness (QED) is 0.235. The van der Waals surface area contributed by atoms with Gasteiger partial charge in [0.2, 0.25) is 0 Å². The molecule has 0 unspecified atom stereocenters. The number of rotatable bonds is 10. The van der Waals surface area contributed by atoms with Crippen molar-refractivity contribution in [3.05, 3.63) is 119 Å². The average molecular weight is 498 g/mol. The Morgan fingerprint density at radius 3 is 0.743 bits per heavy atom. The number of benzene rings is 4. The van der Waals surface area contributed by atoms with Gasteiger partial charge < -0.3 is 0 Å². The van der Waals surface area contributed by atoms with Crippen molar-refractivity contribution >= 4 is 37.4 Å². The fourth-order valence-corrected chi connectivity index (χ4v) is 9.18. The van der Waals surface area contributed by atoms with Gasteiger partial charge in [0, 0.05) is 16.1 Å². The molecule has 0 fully saturated rings. The van der Waals surface area contributed by atoms with E-state index in [-0.39, 0.29) is 0 Å². The molecule has 35 heavy (non-hydrogen) atoms. The first kappa shape index (κ1) is 25.8. The molecule has 1 N–H and O–H groups in total. The van der Waals surface area contributed by atoms with Gasteiger partial charge in [0.15, 0.2) is 0 Å². The molecule has 1 nitrogen and oxygen atoms in total. The van der Waals surface area contributed by atoms with E-state index in [1.165, 1.54) is 43.5 Å². The van der Waals surface area contributed by atoms with Crippen LogP contribution < -0.4 is 26.1 Å². The Bertz CT molecular complexity index is 989. The van der Waals surface area contributed by atoms with Crippen molar-refractivity contribution in [1.29, 1.82) is 0 Å². The van der Waals surface area contributed by atoms with Gasteiger partial charge in [0.05, 0.1) is 0 Å². The van der Waals surface area contributed by atoms with Gasteiger partial charge in [-0.25, -0.2) is 0 Å². The molecule has 4 rings (SSSR count). The monoisotopic (exact) mass is 497 g/mol. The van der Waals surface area contributed by atoms with Crippen LogP contribution in [-0.4, -0.2) is 0 Å². The topological polar surface area (TPSA) is 12.0 Å². The van der Waals surface area contributed by atoms with Crippen LogP contribution >= 0.6 is 16.1 Å². The van der Waals surface area contributed by atoms with Gasteiger partial charge in [-0.15, -0.1) is 0 Å². The molecule has 0 aliphatic rings. The minimum absolute atomic E-state index is 0.716. The summed E-state index contributed by atoms with van der Waals surface area (Å²) in [6, 6.07) is 37.0. The van der Waals surface area contributed by atoms with Gasteiger partial charge in [-0.3, -0.25) is 4.86 Å². The summed E-state index contributed by atoms with van der Waals surface area (Å²) >= 11 is 0. The molecule has 3 heteroatoms. The van der Waals surface area contributed by atoms with E-state index < -0.39 is 16.1 Å². The largest absolute Gasteiger partial charge is 0.259 e. The van der Waals surface area contributed by atoms with Crippen molar-refractivity contribution in [2.75, 3.05) is 0 Å². The minimum atomic E-state index is -0.716. The SMILES string of the molecule is CCc1ccc(P(NP(c2ccc(CC)cc2)c2ccc(CC)cc2)c2ccc(CC)cc2)cc1. The zero-order chi connectivity index (χ0) is 24.6. The first-order valence-corrected chi connectivity index (χ1v) is 15.6. The number of hydrogen-bond donors (Lipinski definition) is 1. The van der Waals surface area contributed by atoms with E-state index in [4.69, 9.17) is 0 Å². The van der Waals surface area contributed by atoms with E-state index in [2.05, 4.69) is 130 Å². The molecule has 0 atom stereocenters. The number of hydrogen-bond acceptors (Lipinski definition) is 1. The number of nitrogens with one attached hydrogen (secondary N) is 1. The van der Waals surface area contributed by atoms with Crippen molar-refractivity contribution in [1.82, 2.24) is 4.86 Å². The van der Waals surface area contributed by atoms with E-state index in [0.717, 1.165) is 25.7 Å². The maximum absolute atomic E-state index is 4.20. The molecule has 0 aliphatic heterocycles. The lowest BCUT2D eigenvalue weighted by Crippen LogP contribution is -2.27. The molecule has 4 aromatic rings. The summed E-state index contributed by atoms with van der Waals surface area (Å²) in [7, 11) is -1.43. The van der Waals surface area contributed by atoms with Crippen LogP contribution in [0.3, 0.4) is 0 Å². The second-order valence-electron chi connectivity index (χ2n) is 8.85. The van der Waals surface area contributed by atoms with Crippen molar-refractivity contribution in [3.8, 4) is 0 Å². The van der Waals surface area contributed by atoms with Gasteiger partial charge in [-0.05, 0) is 69.2 Å². The maximum atomic E-state index is 4.20. The maximum Gasteiger partial charge on any atom is 0.0294 e. The van der Waals surface area contributed by atoms with E-state index in [9.17, 15) is 0 Å². The Labute approximate surface area is 214 Å². The molecule has 0 saturated carbocycles. The molecular formula is C32H37NP2. The van der Waals surface area contributed by atoms with Crippen molar-refractivity contribution in [2.24, 2.45) is 0 Å². The van der Waals surface area contributed by atoms with Gasteiger partial charge in [-0.2, -0.15) is 0 Å². The molecule has 0 aromatic heterocycles. The summed E-state index contributed by atoms with van der Waals surface area (Å²) in [4.78, 5) is 4.20. The third kappa shape index (κ3) is 6.48. The molecule has 0 saturated heterocycles. The predicted molar refractivity (Wildman–Crippen MR) is 159 cm³/mol. The third-order valence-electron chi connectivity index (χ3n) is 6.61. The van der Waals surface area contributed by atoms with Crippen molar-refractivity contribution in [3.63, 3.8) is 0 Å². The van der Waals surface area contributed by atoms with Crippen LogP contribution in [-0.2, 0) is 25.7 Å². The lowest BCUT2D eigenvalue weighted by Gasteiger charge is -2.28. The summed E-state index contributed by atoms with van der Waals surface area (Å²) in [5.74, 6) is 0. The normalized spacial score (nSPS) is 11.4. The van der Waals surface area contributed by atoms with Gasteiger partial charge in [0.25, 0.3) is 0 Å². The summed E-state index contributed by atoms with van der Waals surface area (Å²) in [5.41, 5.74) is 5.55. The standard InChI is InChI=1S/C32H37NP2/c1-5-25-9-17-29(18-10-25)34(30-19-11-26(6-2)12-20-30)33-35(31-21-13-27(7-3)14-22-31)32-23-15-28(8-4)16-24-32/h9-24,33H,5-8H2,1-4H3. The molecular weight excluding hydrogens is 460 g/mol. The van der Waals surface area contributed by atoms with E-state index in [0.29, 0.717) is 0 Å². The Hall–Kier alpha value is -2.30. The molecule has 0 bridgehead atoms. The van der Waals surface area contributed by atoms with Crippen LogP contribution in [0, 0.1) is 0 Å². The van der Waals surface area contributed by atoms with E-state index in [1.807, 2.05) is 0 Å². The Balaban J connectivity index is 1.77. The average Bonchev–Trinajstić information content (AvgIpc) is 2.94. The van der Waals surface area contributed by atoms with Gasteiger partial charge in [-0.1, -0.05) is 125 Å². The summed E-state index contributed by atoms with van der Waals surface area (Å²) < 4.78 is 0. The molecule has 0 amide bonds. The molecule has 180 valence electrons. The van der Waals surface area contributed by atoms with Crippen LogP contribution in [0.15, 0.2) is 97.1 Å².